The summed E-state index contributed by atoms with van der Waals surface area (Å²) in [4.78, 5) is 21.3. The van der Waals surface area contributed by atoms with E-state index in [1.807, 2.05) is 6.07 Å². The van der Waals surface area contributed by atoms with Crippen LogP contribution < -0.4 is 15.4 Å². The lowest BCUT2D eigenvalue weighted by molar-refractivity contribution is -0.137. The van der Waals surface area contributed by atoms with Gasteiger partial charge in [-0.15, -0.1) is 0 Å². The summed E-state index contributed by atoms with van der Waals surface area (Å²) in [5.74, 6) is 0.0346. The average molecular weight is 494 g/mol. The summed E-state index contributed by atoms with van der Waals surface area (Å²) in [6.45, 7) is 1.44. The Morgan fingerprint density at radius 2 is 1.75 bits per heavy atom. The Labute approximate surface area is 202 Å². The van der Waals surface area contributed by atoms with Gasteiger partial charge in [0.05, 0.1) is 17.8 Å². The van der Waals surface area contributed by atoms with E-state index >= 15 is 0 Å². The first kappa shape index (κ1) is 23.3. The van der Waals surface area contributed by atoms with Crippen LogP contribution in [0.5, 0.6) is 11.5 Å². The molecule has 1 aromatic heterocycles. The zero-order valence-corrected chi connectivity index (χ0v) is 18.6. The second kappa shape index (κ2) is 9.29. The number of halogens is 4. The van der Waals surface area contributed by atoms with E-state index in [0.29, 0.717) is 53.2 Å². The fourth-order valence-corrected chi connectivity index (χ4v) is 3.73. The molecule has 3 aromatic carbocycles. The first-order valence-corrected chi connectivity index (χ1v) is 10.9. The van der Waals surface area contributed by atoms with Crippen molar-refractivity contribution in [3.8, 4) is 11.5 Å². The topological polar surface area (TPSA) is 75.6 Å². The number of anilines is 1. The first-order valence-electron chi connectivity index (χ1n) is 10.9. The number of ether oxygens (including phenoxy) is 1. The number of alkyl halides is 3. The molecule has 2 heterocycles. The number of amides is 1. The van der Waals surface area contributed by atoms with Crippen molar-refractivity contribution in [2.24, 2.45) is 4.99 Å². The summed E-state index contributed by atoms with van der Waals surface area (Å²) in [6.07, 6.45) is -3.05. The van der Waals surface area contributed by atoms with Crippen LogP contribution in [0.15, 0.2) is 77.9 Å². The van der Waals surface area contributed by atoms with Gasteiger partial charge in [-0.2, -0.15) is 13.2 Å². The van der Waals surface area contributed by atoms with Gasteiger partial charge in [0.25, 0.3) is 5.91 Å². The Morgan fingerprint density at radius 1 is 0.944 bits per heavy atom. The highest BCUT2D eigenvalue weighted by atomic mass is 19.4. The van der Waals surface area contributed by atoms with Crippen molar-refractivity contribution in [3.05, 3.63) is 95.6 Å². The summed E-state index contributed by atoms with van der Waals surface area (Å²) in [6, 6.07) is 15.4. The molecule has 6 nitrogen and oxygen atoms in total. The van der Waals surface area contributed by atoms with Gasteiger partial charge in [-0.25, -0.2) is 4.39 Å². The minimum Gasteiger partial charge on any atom is -0.457 e. The van der Waals surface area contributed by atoms with E-state index in [9.17, 15) is 22.4 Å². The van der Waals surface area contributed by atoms with Crippen molar-refractivity contribution >= 4 is 28.2 Å². The predicted molar refractivity (Wildman–Crippen MR) is 127 cm³/mol. The molecule has 1 aliphatic heterocycles. The third-order valence-electron chi connectivity index (χ3n) is 5.50. The maximum atomic E-state index is 14.1. The molecule has 0 fully saturated rings. The van der Waals surface area contributed by atoms with Gasteiger partial charge in [0.2, 0.25) is 0 Å². The fourth-order valence-electron chi connectivity index (χ4n) is 3.73. The Kier molecular flexibility index (Phi) is 6.01. The minimum atomic E-state index is -4.66. The lowest BCUT2D eigenvalue weighted by Gasteiger charge is -2.12. The van der Waals surface area contributed by atoms with Gasteiger partial charge in [-0.05, 0) is 59.3 Å². The number of carbonyl (C=O) groups excluding carboxylic acids is 1. The summed E-state index contributed by atoms with van der Waals surface area (Å²) >= 11 is 0. The number of benzene rings is 3. The molecule has 0 unspecified atom stereocenters. The minimum absolute atomic E-state index is 0.146. The summed E-state index contributed by atoms with van der Waals surface area (Å²) < 4.78 is 58.9. The Balaban J connectivity index is 1.37. The standard InChI is InChI=1S/C26H18F4N4O2/c27-21-6-4-18(26(28,29)30)13-22(21)34-25(35)16-2-1-15-3-5-19(12-17(15)11-16)36-20-7-8-31-23(14-20)24-32-9-10-33-24/h1-8,11-14H,9-10H2,(H,32,33)(H,34,35). The number of carbonyl (C=O) groups is 1. The Bertz CT molecular complexity index is 1500. The number of hydrogen-bond donors (Lipinski definition) is 2. The molecule has 0 saturated heterocycles. The second-order valence-electron chi connectivity index (χ2n) is 8.01. The van der Waals surface area contributed by atoms with Crippen LogP contribution in [-0.2, 0) is 6.18 Å². The van der Waals surface area contributed by atoms with Crippen molar-refractivity contribution in [3.63, 3.8) is 0 Å². The molecule has 0 aliphatic carbocycles. The predicted octanol–water partition coefficient (Wildman–Crippen LogP) is 5.79. The summed E-state index contributed by atoms with van der Waals surface area (Å²) in [7, 11) is 0. The molecule has 10 heteroatoms. The molecule has 5 rings (SSSR count). The Hall–Kier alpha value is -4.47. The quantitative estimate of drug-likeness (QED) is 0.345. The number of pyridine rings is 1. The van der Waals surface area contributed by atoms with E-state index in [0.717, 1.165) is 11.9 Å². The molecule has 0 atom stereocenters. The van der Waals surface area contributed by atoms with Crippen molar-refractivity contribution in [1.82, 2.24) is 10.3 Å². The fraction of sp³-hybridized carbons (Fsp3) is 0.115. The molecule has 0 radical (unpaired) electrons. The zero-order valence-electron chi connectivity index (χ0n) is 18.6. The zero-order chi connectivity index (χ0) is 25.3. The largest absolute Gasteiger partial charge is 0.457 e. The van der Waals surface area contributed by atoms with Crippen LogP contribution in [0.2, 0.25) is 0 Å². The molecular weight excluding hydrogens is 476 g/mol. The van der Waals surface area contributed by atoms with E-state index in [1.54, 1.807) is 42.6 Å². The lowest BCUT2D eigenvalue weighted by atomic mass is 10.1. The molecular formula is C26H18F4N4O2. The van der Waals surface area contributed by atoms with Gasteiger partial charge < -0.3 is 15.4 Å². The number of hydrogen-bond acceptors (Lipinski definition) is 5. The number of rotatable bonds is 5. The average Bonchev–Trinajstić information content (AvgIpc) is 3.39. The van der Waals surface area contributed by atoms with Crippen LogP contribution in [0.25, 0.3) is 10.8 Å². The highest BCUT2D eigenvalue weighted by Gasteiger charge is 2.31. The molecule has 0 saturated carbocycles. The van der Waals surface area contributed by atoms with Gasteiger partial charge >= 0.3 is 6.18 Å². The molecule has 36 heavy (non-hydrogen) atoms. The van der Waals surface area contributed by atoms with Crippen LogP contribution in [0.3, 0.4) is 0 Å². The SMILES string of the molecule is O=C(Nc1cc(C(F)(F)F)ccc1F)c1ccc2ccc(Oc3ccnc(C4=NCCN4)c3)cc2c1. The summed E-state index contributed by atoms with van der Waals surface area (Å²) in [5, 5.41) is 6.84. The van der Waals surface area contributed by atoms with Crippen LogP contribution in [0, 0.1) is 5.82 Å². The smallest absolute Gasteiger partial charge is 0.416 e. The highest BCUT2D eigenvalue weighted by Crippen LogP contribution is 2.32. The summed E-state index contributed by atoms with van der Waals surface area (Å²) in [5.41, 5.74) is -0.809. The van der Waals surface area contributed by atoms with E-state index < -0.39 is 29.2 Å². The number of amidine groups is 1. The van der Waals surface area contributed by atoms with Gasteiger partial charge in [0, 0.05) is 24.4 Å². The molecule has 182 valence electrons. The van der Waals surface area contributed by atoms with E-state index in [1.165, 1.54) is 6.07 Å². The van der Waals surface area contributed by atoms with E-state index in [2.05, 4.69) is 20.6 Å². The second-order valence-corrected chi connectivity index (χ2v) is 8.01. The van der Waals surface area contributed by atoms with Crippen LogP contribution in [-0.4, -0.2) is 29.8 Å². The number of fused-ring (bicyclic) bond motifs is 1. The van der Waals surface area contributed by atoms with Crippen molar-refractivity contribution in [2.75, 3.05) is 18.4 Å². The molecule has 1 amide bonds. The number of nitrogens with zero attached hydrogens (tertiary/aromatic N) is 2. The van der Waals surface area contributed by atoms with Gasteiger partial charge in [-0.3, -0.25) is 14.8 Å². The highest BCUT2D eigenvalue weighted by molar-refractivity contribution is 6.06. The number of nitrogens with one attached hydrogen (secondary N) is 2. The van der Waals surface area contributed by atoms with Crippen LogP contribution >= 0.6 is 0 Å². The van der Waals surface area contributed by atoms with Gasteiger partial charge in [0.15, 0.2) is 0 Å². The van der Waals surface area contributed by atoms with E-state index in [4.69, 9.17) is 4.74 Å². The molecule has 0 bridgehead atoms. The number of aromatic nitrogens is 1. The van der Waals surface area contributed by atoms with Gasteiger partial charge in [-0.1, -0.05) is 12.1 Å². The van der Waals surface area contributed by atoms with Crippen LogP contribution in [0.1, 0.15) is 21.6 Å². The molecule has 2 N–H and O–H groups in total. The third kappa shape index (κ3) is 4.97. The number of aliphatic imine (C=N–C) groups is 1. The molecule has 4 aromatic rings. The lowest BCUT2D eigenvalue weighted by Crippen LogP contribution is -2.20. The van der Waals surface area contributed by atoms with E-state index in [-0.39, 0.29) is 5.56 Å². The molecule has 0 spiro atoms. The monoisotopic (exact) mass is 494 g/mol. The maximum absolute atomic E-state index is 14.1. The Morgan fingerprint density at radius 3 is 2.53 bits per heavy atom. The maximum Gasteiger partial charge on any atom is 0.416 e. The normalized spacial score (nSPS) is 13.3. The van der Waals surface area contributed by atoms with Gasteiger partial charge in [0.1, 0.15) is 28.8 Å². The van der Waals surface area contributed by atoms with Crippen molar-refractivity contribution < 1.29 is 27.1 Å². The van der Waals surface area contributed by atoms with Crippen LogP contribution in [0.4, 0.5) is 23.2 Å². The van der Waals surface area contributed by atoms with Crippen molar-refractivity contribution in [1.29, 1.82) is 0 Å². The first-order chi connectivity index (χ1) is 17.3. The van der Waals surface area contributed by atoms with Crippen molar-refractivity contribution in [2.45, 2.75) is 6.18 Å². The molecule has 1 aliphatic rings. The third-order valence-corrected chi connectivity index (χ3v) is 5.50.